The summed E-state index contributed by atoms with van der Waals surface area (Å²) >= 11 is 3.68. The molecule has 5 aromatic rings. The van der Waals surface area contributed by atoms with Crippen LogP contribution in [-0.4, -0.2) is 29.1 Å². The Morgan fingerprint density at radius 3 is 2.36 bits per heavy atom. The summed E-state index contributed by atoms with van der Waals surface area (Å²) < 4.78 is 20.2. The van der Waals surface area contributed by atoms with Gasteiger partial charge in [0.05, 0.1) is 30.3 Å². The minimum absolute atomic E-state index is 0.203. The lowest BCUT2D eigenvalue weighted by molar-refractivity contribution is 0.269. The molecule has 5 rings (SSSR count). The van der Waals surface area contributed by atoms with Crippen LogP contribution in [0.3, 0.4) is 0 Å². The number of halogens is 1. The average molecular weight is 669 g/mol. The fourth-order valence-corrected chi connectivity index (χ4v) is 5.61. The van der Waals surface area contributed by atoms with E-state index in [1.54, 1.807) is 12.3 Å². The topological polar surface area (TPSA) is 74.9 Å². The number of aromatic nitrogens is 2. The Morgan fingerprint density at radius 1 is 0.889 bits per heavy atom. The third-order valence-electron chi connectivity index (χ3n) is 7.43. The Kier molecular flexibility index (Phi) is 10.0. The summed E-state index contributed by atoms with van der Waals surface area (Å²) in [7, 11) is 0. The molecule has 0 atom stereocenters. The molecular formula is C37H38BrN3O4. The van der Waals surface area contributed by atoms with Crippen molar-refractivity contribution in [1.29, 1.82) is 0 Å². The zero-order valence-electron chi connectivity index (χ0n) is 26.6. The van der Waals surface area contributed by atoms with E-state index in [0.717, 1.165) is 38.0 Å². The molecule has 1 heterocycles. The maximum atomic E-state index is 13.9. The van der Waals surface area contributed by atoms with E-state index in [4.69, 9.17) is 24.3 Å². The maximum Gasteiger partial charge on any atom is 0.282 e. The lowest BCUT2D eigenvalue weighted by Gasteiger charge is -2.18. The number of nitrogens with zero attached hydrogens (tertiary/aromatic N) is 3. The summed E-state index contributed by atoms with van der Waals surface area (Å²) in [4.78, 5) is 18.9. The fourth-order valence-electron chi connectivity index (χ4n) is 5.19. The van der Waals surface area contributed by atoms with Crippen LogP contribution < -0.4 is 19.8 Å². The predicted molar refractivity (Wildman–Crippen MR) is 185 cm³/mol. The van der Waals surface area contributed by atoms with Crippen LogP contribution in [0.1, 0.15) is 61.4 Å². The van der Waals surface area contributed by atoms with E-state index in [1.807, 2.05) is 69.3 Å². The van der Waals surface area contributed by atoms with E-state index >= 15 is 0 Å². The molecule has 45 heavy (non-hydrogen) atoms. The monoisotopic (exact) mass is 667 g/mol. The first-order valence-electron chi connectivity index (χ1n) is 15.2. The SMILES string of the molecule is CCOc1cc(C=Nn2c(-c3cc(C(C)C)c(OCC)cc3C)nc3ccccc3c2=O)c(Br)cc1OCc1cccc(C)c1. The molecular weight excluding hydrogens is 630 g/mol. The lowest BCUT2D eigenvalue weighted by Crippen LogP contribution is -2.21. The molecule has 0 aliphatic carbocycles. The highest BCUT2D eigenvalue weighted by molar-refractivity contribution is 9.10. The zero-order valence-corrected chi connectivity index (χ0v) is 28.1. The molecule has 4 aromatic carbocycles. The minimum atomic E-state index is -0.259. The first kappa shape index (κ1) is 32.0. The zero-order chi connectivity index (χ0) is 32.1. The number of benzene rings is 4. The minimum Gasteiger partial charge on any atom is -0.494 e. The van der Waals surface area contributed by atoms with Gasteiger partial charge in [0.2, 0.25) is 0 Å². The van der Waals surface area contributed by atoms with E-state index in [-0.39, 0.29) is 11.5 Å². The lowest BCUT2D eigenvalue weighted by atomic mass is 9.96. The molecule has 0 saturated carbocycles. The predicted octanol–water partition coefficient (Wildman–Crippen LogP) is 8.82. The van der Waals surface area contributed by atoms with E-state index < -0.39 is 0 Å². The van der Waals surface area contributed by atoms with Crippen LogP contribution in [0.5, 0.6) is 17.2 Å². The molecule has 0 fully saturated rings. The van der Waals surface area contributed by atoms with Crippen LogP contribution in [0.2, 0.25) is 0 Å². The van der Waals surface area contributed by atoms with E-state index in [1.165, 1.54) is 10.2 Å². The Bertz CT molecular complexity index is 1930. The fraction of sp³-hybridized carbons (Fsp3) is 0.270. The van der Waals surface area contributed by atoms with Gasteiger partial charge < -0.3 is 14.2 Å². The summed E-state index contributed by atoms with van der Waals surface area (Å²) in [5.74, 6) is 2.69. The van der Waals surface area contributed by atoms with Crippen LogP contribution in [0.15, 0.2) is 87.2 Å². The molecule has 0 N–H and O–H groups in total. The standard InChI is InChI=1S/C37H38BrN3O4/c1-7-43-33-17-25(6)30(19-29(33)23(3)4)36-40-32-15-10-9-14-28(32)37(42)41(36)39-21-27-18-34(44-8-2)35(20-31(27)38)45-22-26-13-11-12-24(5)16-26/h9-21,23H,7-8,22H2,1-6H3. The highest BCUT2D eigenvalue weighted by atomic mass is 79.9. The second kappa shape index (κ2) is 14.1. The average Bonchev–Trinajstić information content (AvgIpc) is 3.01. The van der Waals surface area contributed by atoms with E-state index in [0.29, 0.717) is 48.0 Å². The molecule has 0 amide bonds. The number of hydrogen-bond acceptors (Lipinski definition) is 6. The summed E-state index contributed by atoms with van der Waals surface area (Å²) in [5, 5.41) is 5.22. The van der Waals surface area contributed by atoms with Crippen LogP contribution in [-0.2, 0) is 6.61 Å². The Morgan fingerprint density at radius 2 is 1.62 bits per heavy atom. The van der Waals surface area contributed by atoms with Crippen molar-refractivity contribution < 1.29 is 14.2 Å². The van der Waals surface area contributed by atoms with Gasteiger partial charge in [-0.05, 0) is 103 Å². The van der Waals surface area contributed by atoms with Crippen molar-refractivity contribution in [3.8, 4) is 28.6 Å². The Balaban J connectivity index is 1.60. The van der Waals surface area contributed by atoms with Crippen molar-refractivity contribution in [2.75, 3.05) is 13.2 Å². The first-order chi connectivity index (χ1) is 21.7. The highest BCUT2D eigenvalue weighted by Crippen LogP contribution is 2.36. The van der Waals surface area contributed by atoms with Crippen molar-refractivity contribution in [3.05, 3.63) is 115 Å². The number of rotatable bonds is 11. The van der Waals surface area contributed by atoms with Gasteiger partial charge in [0.15, 0.2) is 17.3 Å². The largest absolute Gasteiger partial charge is 0.494 e. The first-order valence-corrected chi connectivity index (χ1v) is 16.0. The number of fused-ring (bicyclic) bond motifs is 1. The number of aryl methyl sites for hydroxylation is 2. The molecule has 0 bridgehead atoms. The molecule has 232 valence electrons. The van der Waals surface area contributed by atoms with Gasteiger partial charge >= 0.3 is 0 Å². The molecule has 0 radical (unpaired) electrons. The van der Waals surface area contributed by atoms with Crippen molar-refractivity contribution in [3.63, 3.8) is 0 Å². The highest BCUT2D eigenvalue weighted by Gasteiger charge is 2.19. The van der Waals surface area contributed by atoms with Crippen molar-refractivity contribution in [2.45, 2.75) is 54.1 Å². The molecule has 1 aromatic heterocycles. The second-order valence-corrected chi connectivity index (χ2v) is 12.0. The third kappa shape index (κ3) is 7.12. The Labute approximate surface area is 272 Å². The molecule has 0 saturated heterocycles. The van der Waals surface area contributed by atoms with Gasteiger partial charge in [-0.2, -0.15) is 9.78 Å². The van der Waals surface area contributed by atoms with Crippen molar-refractivity contribution in [1.82, 2.24) is 9.66 Å². The summed E-state index contributed by atoms with van der Waals surface area (Å²) in [6, 6.07) is 23.4. The molecule has 0 unspecified atom stereocenters. The second-order valence-electron chi connectivity index (χ2n) is 11.1. The van der Waals surface area contributed by atoms with Crippen LogP contribution in [0.4, 0.5) is 0 Å². The molecule has 8 heteroatoms. The van der Waals surface area contributed by atoms with Gasteiger partial charge in [-0.25, -0.2) is 4.98 Å². The third-order valence-corrected chi connectivity index (χ3v) is 8.11. The van der Waals surface area contributed by atoms with Crippen molar-refractivity contribution in [2.24, 2.45) is 5.10 Å². The summed E-state index contributed by atoms with van der Waals surface area (Å²) in [5.41, 5.74) is 6.11. The smallest absolute Gasteiger partial charge is 0.282 e. The van der Waals surface area contributed by atoms with Gasteiger partial charge in [-0.1, -0.05) is 55.8 Å². The molecule has 0 spiro atoms. The van der Waals surface area contributed by atoms with Gasteiger partial charge in [-0.3, -0.25) is 4.79 Å². The maximum absolute atomic E-state index is 13.9. The number of ether oxygens (including phenoxy) is 3. The number of para-hydroxylation sites is 1. The van der Waals surface area contributed by atoms with Gasteiger partial charge in [-0.15, -0.1) is 0 Å². The van der Waals surface area contributed by atoms with E-state index in [9.17, 15) is 4.79 Å². The van der Waals surface area contributed by atoms with Gasteiger partial charge in [0.1, 0.15) is 12.4 Å². The van der Waals surface area contributed by atoms with Gasteiger partial charge in [0, 0.05) is 15.6 Å². The molecule has 0 aliphatic heterocycles. The summed E-state index contributed by atoms with van der Waals surface area (Å²) in [6.07, 6.45) is 1.64. The van der Waals surface area contributed by atoms with E-state index in [2.05, 4.69) is 54.9 Å². The normalized spacial score (nSPS) is 11.5. The Hall–Kier alpha value is -4.43. The van der Waals surface area contributed by atoms with Crippen LogP contribution in [0.25, 0.3) is 22.3 Å². The van der Waals surface area contributed by atoms with Crippen LogP contribution in [0, 0.1) is 13.8 Å². The van der Waals surface area contributed by atoms with Crippen LogP contribution >= 0.6 is 15.9 Å². The summed E-state index contributed by atoms with van der Waals surface area (Å²) in [6.45, 7) is 13.6. The van der Waals surface area contributed by atoms with Gasteiger partial charge in [0.25, 0.3) is 5.56 Å². The molecule has 7 nitrogen and oxygen atoms in total. The molecule has 0 aliphatic rings. The van der Waals surface area contributed by atoms with Crippen molar-refractivity contribution >= 4 is 33.0 Å². The quantitative estimate of drug-likeness (QED) is 0.132. The number of hydrogen-bond donors (Lipinski definition) is 0.